The lowest BCUT2D eigenvalue weighted by molar-refractivity contribution is 0.131. The SMILES string of the molecule is CCCCCCc1ccc(-c2noc(C3CCCN3C(=O)O)n2)cc1. The predicted molar refractivity (Wildman–Crippen MR) is 94.3 cm³/mol. The standard InChI is InChI=1S/C19H25N3O3/c1-2-3-4-5-7-14-9-11-15(12-10-14)17-20-18(25-21-17)16-8-6-13-22(16)19(23)24/h9-12,16H,2-8,13H2,1H3,(H,23,24). The molecule has 1 aromatic carbocycles. The average molecular weight is 343 g/mol. The molecule has 1 aliphatic heterocycles. The van der Waals surface area contributed by atoms with Crippen LogP contribution in [0.3, 0.4) is 0 Å². The van der Waals surface area contributed by atoms with E-state index in [0.717, 1.165) is 24.8 Å². The highest BCUT2D eigenvalue weighted by Gasteiger charge is 2.34. The highest BCUT2D eigenvalue weighted by molar-refractivity contribution is 5.66. The topological polar surface area (TPSA) is 79.5 Å². The van der Waals surface area contributed by atoms with Crippen LogP contribution >= 0.6 is 0 Å². The molecule has 0 aliphatic carbocycles. The van der Waals surface area contributed by atoms with Crippen LogP contribution in [-0.4, -0.2) is 32.8 Å². The maximum absolute atomic E-state index is 11.3. The third kappa shape index (κ3) is 4.18. The molecule has 6 heteroatoms. The molecule has 3 rings (SSSR count). The van der Waals surface area contributed by atoms with E-state index >= 15 is 0 Å². The van der Waals surface area contributed by atoms with E-state index in [2.05, 4.69) is 29.2 Å². The fourth-order valence-electron chi connectivity index (χ4n) is 3.32. The van der Waals surface area contributed by atoms with Gasteiger partial charge in [-0.3, -0.25) is 4.90 Å². The van der Waals surface area contributed by atoms with Gasteiger partial charge in [-0.2, -0.15) is 4.98 Å². The van der Waals surface area contributed by atoms with Gasteiger partial charge in [-0.25, -0.2) is 4.79 Å². The Hall–Kier alpha value is -2.37. The van der Waals surface area contributed by atoms with Crippen molar-refractivity contribution in [1.29, 1.82) is 0 Å². The summed E-state index contributed by atoms with van der Waals surface area (Å²) in [5.41, 5.74) is 2.21. The highest BCUT2D eigenvalue weighted by atomic mass is 16.5. The van der Waals surface area contributed by atoms with Crippen LogP contribution in [0.5, 0.6) is 0 Å². The second kappa shape index (κ2) is 8.14. The Morgan fingerprint density at radius 2 is 2.08 bits per heavy atom. The van der Waals surface area contributed by atoms with E-state index in [0.29, 0.717) is 18.3 Å². The van der Waals surface area contributed by atoms with Crippen LogP contribution in [0.1, 0.15) is 62.9 Å². The number of hydrogen-bond donors (Lipinski definition) is 1. The van der Waals surface area contributed by atoms with Crippen molar-refractivity contribution in [3.05, 3.63) is 35.7 Å². The number of aryl methyl sites for hydroxylation is 1. The summed E-state index contributed by atoms with van der Waals surface area (Å²) in [4.78, 5) is 17.1. The van der Waals surface area contributed by atoms with Gasteiger partial charge in [-0.05, 0) is 31.2 Å². The van der Waals surface area contributed by atoms with Crippen LogP contribution < -0.4 is 0 Å². The van der Waals surface area contributed by atoms with E-state index in [1.165, 1.54) is 36.1 Å². The number of unbranched alkanes of at least 4 members (excludes halogenated alkanes) is 3. The predicted octanol–water partition coefficient (Wildman–Crippen LogP) is 4.67. The number of carboxylic acid groups (broad SMARTS) is 1. The number of nitrogens with zero attached hydrogens (tertiary/aromatic N) is 3. The van der Waals surface area contributed by atoms with Crippen LogP contribution in [-0.2, 0) is 6.42 Å². The normalized spacial score (nSPS) is 17.2. The molecule has 0 saturated carbocycles. The van der Waals surface area contributed by atoms with Gasteiger partial charge in [0, 0.05) is 12.1 Å². The fraction of sp³-hybridized carbons (Fsp3) is 0.526. The van der Waals surface area contributed by atoms with Crippen molar-refractivity contribution in [2.24, 2.45) is 0 Å². The lowest BCUT2D eigenvalue weighted by atomic mass is 10.0. The van der Waals surface area contributed by atoms with E-state index in [-0.39, 0.29) is 6.04 Å². The Bertz CT molecular complexity index is 696. The van der Waals surface area contributed by atoms with Crippen molar-refractivity contribution >= 4 is 6.09 Å². The molecule has 1 N–H and O–H groups in total. The molecule has 0 spiro atoms. The number of benzene rings is 1. The second-order valence-electron chi connectivity index (χ2n) is 6.60. The van der Waals surface area contributed by atoms with Crippen molar-refractivity contribution in [2.75, 3.05) is 6.54 Å². The van der Waals surface area contributed by atoms with Crippen LogP contribution in [0.2, 0.25) is 0 Å². The fourth-order valence-corrected chi connectivity index (χ4v) is 3.32. The summed E-state index contributed by atoms with van der Waals surface area (Å²) in [6.45, 7) is 2.74. The summed E-state index contributed by atoms with van der Waals surface area (Å²) in [5.74, 6) is 0.906. The number of aromatic nitrogens is 2. The minimum Gasteiger partial charge on any atom is -0.465 e. The third-order valence-corrected chi connectivity index (χ3v) is 4.76. The van der Waals surface area contributed by atoms with E-state index in [1.54, 1.807) is 0 Å². The first kappa shape index (κ1) is 17.5. The minimum absolute atomic E-state index is 0.323. The second-order valence-corrected chi connectivity index (χ2v) is 6.60. The quantitative estimate of drug-likeness (QED) is 0.739. The van der Waals surface area contributed by atoms with Gasteiger partial charge in [-0.15, -0.1) is 0 Å². The third-order valence-electron chi connectivity index (χ3n) is 4.76. The molecule has 134 valence electrons. The number of likely N-dealkylation sites (tertiary alicyclic amines) is 1. The first-order valence-corrected chi connectivity index (χ1v) is 9.11. The Morgan fingerprint density at radius 3 is 2.80 bits per heavy atom. The maximum Gasteiger partial charge on any atom is 0.407 e. The van der Waals surface area contributed by atoms with E-state index in [1.807, 2.05) is 12.1 Å². The van der Waals surface area contributed by atoms with Gasteiger partial charge in [0.15, 0.2) is 0 Å². The Morgan fingerprint density at radius 1 is 1.28 bits per heavy atom. The number of hydrogen-bond acceptors (Lipinski definition) is 4. The van der Waals surface area contributed by atoms with Crippen molar-refractivity contribution in [1.82, 2.24) is 15.0 Å². The highest BCUT2D eigenvalue weighted by Crippen LogP contribution is 2.32. The molecule has 0 radical (unpaired) electrons. The smallest absolute Gasteiger partial charge is 0.407 e. The van der Waals surface area contributed by atoms with Gasteiger partial charge in [0.1, 0.15) is 6.04 Å². The largest absolute Gasteiger partial charge is 0.465 e. The zero-order chi connectivity index (χ0) is 17.6. The van der Waals surface area contributed by atoms with E-state index in [9.17, 15) is 9.90 Å². The maximum atomic E-state index is 11.3. The number of rotatable bonds is 7. The van der Waals surface area contributed by atoms with Crippen molar-refractivity contribution < 1.29 is 14.4 Å². The Kier molecular flexibility index (Phi) is 5.68. The van der Waals surface area contributed by atoms with Gasteiger partial charge < -0.3 is 9.63 Å². The van der Waals surface area contributed by atoms with Gasteiger partial charge in [0.25, 0.3) is 0 Å². The first-order chi connectivity index (χ1) is 12.2. The van der Waals surface area contributed by atoms with E-state index in [4.69, 9.17) is 4.52 Å². The summed E-state index contributed by atoms with van der Waals surface area (Å²) in [6.07, 6.45) is 6.73. The van der Waals surface area contributed by atoms with Crippen molar-refractivity contribution in [2.45, 2.75) is 57.9 Å². The molecule has 6 nitrogen and oxygen atoms in total. The molecular weight excluding hydrogens is 318 g/mol. The summed E-state index contributed by atoms with van der Waals surface area (Å²) in [6, 6.07) is 7.91. The lowest BCUT2D eigenvalue weighted by Gasteiger charge is -2.17. The van der Waals surface area contributed by atoms with Crippen molar-refractivity contribution in [3.63, 3.8) is 0 Å². The first-order valence-electron chi connectivity index (χ1n) is 9.11. The van der Waals surface area contributed by atoms with Gasteiger partial charge in [-0.1, -0.05) is 55.6 Å². The molecule has 25 heavy (non-hydrogen) atoms. The summed E-state index contributed by atoms with van der Waals surface area (Å²) in [7, 11) is 0. The minimum atomic E-state index is -0.935. The molecule has 0 bridgehead atoms. The number of carbonyl (C=O) groups is 1. The molecule has 1 atom stereocenters. The molecule has 1 saturated heterocycles. The summed E-state index contributed by atoms with van der Waals surface area (Å²) >= 11 is 0. The van der Waals surface area contributed by atoms with Gasteiger partial charge in [0.05, 0.1) is 0 Å². The van der Waals surface area contributed by atoms with Gasteiger partial charge >= 0.3 is 6.09 Å². The Labute approximate surface area is 147 Å². The van der Waals surface area contributed by atoms with Crippen LogP contribution in [0, 0.1) is 0 Å². The average Bonchev–Trinajstić information content (AvgIpc) is 3.28. The zero-order valence-electron chi connectivity index (χ0n) is 14.6. The summed E-state index contributed by atoms with van der Waals surface area (Å²) in [5, 5.41) is 13.3. The van der Waals surface area contributed by atoms with E-state index < -0.39 is 6.09 Å². The zero-order valence-corrected chi connectivity index (χ0v) is 14.6. The van der Waals surface area contributed by atoms with Crippen LogP contribution in [0.25, 0.3) is 11.4 Å². The van der Waals surface area contributed by atoms with Crippen LogP contribution in [0.15, 0.2) is 28.8 Å². The molecule has 1 amide bonds. The lowest BCUT2D eigenvalue weighted by Crippen LogP contribution is -2.28. The van der Waals surface area contributed by atoms with Gasteiger partial charge in [0.2, 0.25) is 11.7 Å². The molecule has 1 aromatic heterocycles. The summed E-state index contributed by atoms with van der Waals surface area (Å²) < 4.78 is 5.34. The van der Waals surface area contributed by atoms with Crippen molar-refractivity contribution in [3.8, 4) is 11.4 Å². The molecule has 1 fully saturated rings. The molecular formula is C19H25N3O3. The Balaban J connectivity index is 1.65. The molecule has 2 heterocycles. The molecule has 2 aromatic rings. The molecule has 1 aliphatic rings. The number of amides is 1. The van der Waals surface area contributed by atoms with Crippen LogP contribution in [0.4, 0.5) is 4.79 Å². The molecule has 1 unspecified atom stereocenters. The monoisotopic (exact) mass is 343 g/mol.